The normalized spacial score (nSPS) is 26.3. The van der Waals surface area contributed by atoms with Crippen LogP contribution in [0.3, 0.4) is 0 Å². The van der Waals surface area contributed by atoms with Crippen molar-refractivity contribution in [3.63, 3.8) is 0 Å². The molecule has 0 aliphatic heterocycles. The Bertz CT molecular complexity index is 779. The molecule has 0 saturated heterocycles. The zero-order chi connectivity index (χ0) is 21.6. The van der Waals surface area contributed by atoms with Gasteiger partial charge in [0.15, 0.2) is 5.78 Å². The molecule has 0 radical (unpaired) electrons. The Morgan fingerprint density at radius 1 is 1.14 bits per heavy atom. The zero-order valence-electron chi connectivity index (χ0n) is 16.6. The Kier molecular flexibility index (Phi) is 7.34. The van der Waals surface area contributed by atoms with Gasteiger partial charge in [-0.25, -0.2) is 0 Å². The van der Waals surface area contributed by atoms with Crippen molar-refractivity contribution in [1.82, 2.24) is 0 Å². The molecule has 0 heterocycles. The van der Waals surface area contributed by atoms with E-state index in [0.717, 1.165) is 0 Å². The lowest BCUT2D eigenvalue weighted by molar-refractivity contribution is -0.171. The van der Waals surface area contributed by atoms with E-state index in [1.165, 1.54) is 26.2 Å². The largest absolute Gasteiger partial charge is 0.497 e. The fraction of sp³-hybridized carbons (Fsp3) is 0.409. The van der Waals surface area contributed by atoms with E-state index < -0.39 is 41.1 Å². The molecule has 0 amide bonds. The maximum Gasteiger partial charge on any atom is 0.317 e. The van der Waals surface area contributed by atoms with Crippen molar-refractivity contribution in [3.8, 4) is 5.75 Å². The molecule has 4 atom stereocenters. The zero-order valence-corrected chi connectivity index (χ0v) is 16.6. The number of hydrogen-bond donors (Lipinski definition) is 1. The summed E-state index contributed by atoms with van der Waals surface area (Å²) in [4.78, 5) is 38.4. The topological polar surface area (TPSA) is 99.1 Å². The minimum atomic E-state index is -1.70. The van der Waals surface area contributed by atoms with Crippen molar-refractivity contribution in [1.29, 1.82) is 0 Å². The molecule has 2 rings (SSSR count). The Morgan fingerprint density at radius 3 is 2.21 bits per heavy atom. The van der Waals surface area contributed by atoms with Gasteiger partial charge in [0.2, 0.25) is 0 Å². The van der Waals surface area contributed by atoms with Crippen LogP contribution in [0.25, 0.3) is 0 Å². The van der Waals surface area contributed by atoms with Gasteiger partial charge < -0.3 is 19.3 Å². The van der Waals surface area contributed by atoms with Gasteiger partial charge in [0.25, 0.3) is 0 Å². The van der Waals surface area contributed by atoms with Gasteiger partial charge in [-0.2, -0.15) is 0 Å². The third-order valence-corrected chi connectivity index (χ3v) is 4.96. The van der Waals surface area contributed by atoms with Crippen LogP contribution in [-0.4, -0.2) is 48.8 Å². The molecule has 0 unspecified atom stereocenters. The molecule has 1 aliphatic carbocycles. The highest BCUT2D eigenvalue weighted by molar-refractivity contribution is 6.02. The van der Waals surface area contributed by atoms with Gasteiger partial charge in [-0.05, 0) is 24.6 Å². The second kappa shape index (κ2) is 9.52. The van der Waals surface area contributed by atoms with Crippen molar-refractivity contribution in [2.75, 3.05) is 20.3 Å². The summed E-state index contributed by atoms with van der Waals surface area (Å²) >= 11 is 0. The van der Waals surface area contributed by atoms with Crippen LogP contribution in [0.5, 0.6) is 5.75 Å². The number of hydrogen-bond acceptors (Lipinski definition) is 7. The quantitative estimate of drug-likeness (QED) is 0.404. The predicted octanol–water partition coefficient (Wildman–Crippen LogP) is 2.19. The lowest BCUT2D eigenvalue weighted by atomic mass is 9.61. The molecule has 1 fully saturated rings. The molecule has 1 aliphatic rings. The smallest absolute Gasteiger partial charge is 0.317 e. The molecule has 0 aromatic heterocycles. The summed E-state index contributed by atoms with van der Waals surface area (Å²) in [7, 11) is 1.51. The Morgan fingerprint density at radius 2 is 1.69 bits per heavy atom. The highest BCUT2D eigenvalue weighted by atomic mass is 16.5. The summed E-state index contributed by atoms with van der Waals surface area (Å²) in [5.74, 6) is -4.80. The molecule has 0 bridgehead atoms. The third kappa shape index (κ3) is 4.92. The van der Waals surface area contributed by atoms with Gasteiger partial charge in [-0.15, -0.1) is 0 Å². The monoisotopic (exact) mass is 402 g/mol. The van der Waals surface area contributed by atoms with Gasteiger partial charge in [0, 0.05) is 12.3 Å². The fourth-order valence-electron chi connectivity index (χ4n) is 3.70. The molecule has 29 heavy (non-hydrogen) atoms. The summed E-state index contributed by atoms with van der Waals surface area (Å²) in [6.45, 7) is 8.27. The summed E-state index contributed by atoms with van der Waals surface area (Å²) < 4.78 is 15.5. The maximum absolute atomic E-state index is 12.8. The number of ketones is 1. The second-order valence-corrected chi connectivity index (χ2v) is 7.09. The molecule has 156 valence electrons. The van der Waals surface area contributed by atoms with Gasteiger partial charge in [-0.3, -0.25) is 14.4 Å². The van der Waals surface area contributed by atoms with Gasteiger partial charge in [0.1, 0.15) is 24.9 Å². The molecule has 1 aromatic rings. The number of methoxy groups -OCH3 is 1. The molecule has 1 N–H and O–H groups in total. The highest BCUT2D eigenvalue weighted by Crippen LogP contribution is 2.47. The van der Waals surface area contributed by atoms with Crippen molar-refractivity contribution in [2.45, 2.75) is 24.9 Å². The first-order valence-corrected chi connectivity index (χ1v) is 9.21. The van der Waals surface area contributed by atoms with Crippen LogP contribution in [0.2, 0.25) is 0 Å². The number of esters is 2. The van der Waals surface area contributed by atoms with Crippen molar-refractivity contribution in [3.05, 3.63) is 55.1 Å². The van der Waals surface area contributed by atoms with E-state index in [1.54, 1.807) is 24.3 Å². The predicted molar refractivity (Wildman–Crippen MR) is 105 cm³/mol. The Hall–Kier alpha value is -2.93. The lowest BCUT2D eigenvalue weighted by Crippen LogP contribution is -2.55. The minimum absolute atomic E-state index is 0.0553. The molecular formula is C22H26O7. The fourth-order valence-corrected chi connectivity index (χ4v) is 3.70. The Labute approximate surface area is 170 Å². The average Bonchev–Trinajstić information content (AvgIpc) is 2.69. The standard InChI is InChI=1S/C22H26O7/c1-5-11-28-20(24)18-16(23)13-22(3,26)19(21(25)29-12-6-2)17(18)14-7-9-15(27-4)10-8-14/h5-10,17-19,26H,1-2,11-13H2,3-4H3/t17-,18-,19-,22+/m1/s1. The lowest BCUT2D eigenvalue weighted by Gasteiger charge is -2.43. The molecule has 1 aromatic carbocycles. The molecule has 0 spiro atoms. The number of aliphatic hydroxyl groups is 1. The van der Waals surface area contributed by atoms with Gasteiger partial charge >= 0.3 is 11.9 Å². The van der Waals surface area contributed by atoms with Crippen molar-refractivity contribution < 1.29 is 33.7 Å². The summed E-state index contributed by atoms with van der Waals surface area (Å²) in [5.41, 5.74) is -1.19. The van der Waals surface area contributed by atoms with E-state index in [4.69, 9.17) is 14.2 Å². The summed E-state index contributed by atoms with van der Waals surface area (Å²) in [5, 5.41) is 10.9. The SMILES string of the molecule is C=CCOC(=O)[C@@H]1C(=O)C[C@](C)(O)[C@@H](C(=O)OCC=C)[C@@H]1c1ccc(OC)cc1. The van der Waals surface area contributed by atoms with Crippen molar-refractivity contribution in [2.24, 2.45) is 11.8 Å². The van der Waals surface area contributed by atoms with E-state index >= 15 is 0 Å². The summed E-state index contributed by atoms with van der Waals surface area (Å²) in [6.07, 6.45) is 2.42. The molecule has 1 saturated carbocycles. The number of carbonyl (C=O) groups excluding carboxylic acids is 3. The van der Waals surface area contributed by atoms with Crippen LogP contribution in [0.1, 0.15) is 24.8 Å². The van der Waals surface area contributed by atoms with Crippen LogP contribution < -0.4 is 4.74 Å². The number of carbonyl (C=O) groups is 3. The molecule has 7 heteroatoms. The number of Topliss-reactive ketones (excluding diaryl/α,β-unsaturated/α-hetero) is 1. The van der Waals surface area contributed by atoms with E-state index in [9.17, 15) is 19.5 Å². The Balaban J connectivity index is 2.56. The average molecular weight is 402 g/mol. The number of rotatable bonds is 8. The summed E-state index contributed by atoms with van der Waals surface area (Å²) in [6, 6.07) is 6.61. The number of benzene rings is 1. The first-order valence-electron chi connectivity index (χ1n) is 9.21. The van der Waals surface area contributed by atoms with Gasteiger partial charge in [-0.1, -0.05) is 37.4 Å². The van der Waals surface area contributed by atoms with Crippen LogP contribution in [-0.2, 0) is 23.9 Å². The first kappa shape index (κ1) is 22.4. The highest BCUT2D eigenvalue weighted by Gasteiger charge is 2.57. The van der Waals surface area contributed by atoms with Gasteiger partial charge in [0.05, 0.1) is 18.6 Å². The molecule has 7 nitrogen and oxygen atoms in total. The van der Waals surface area contributed by atoms with E-state index in [0.29, 0.717) is 11.3 Å². The van der Waals surface area contributed by atoms with E-state index in [1.807, 2.05) is 0 Å². The first-order chi connectivity index (χ1) is 13.8. The van der Waals surface area contributed by atoms with Crippen molar-refractivity contribution >= 4 is 17.7 Å². The third-order valence-electron chi connectivity index (χ3n) is 4.96. The van der Waals surface area contributed by atoms with E-state index in [-0.39, 0.29) is 19.6 Å². The maximum atomic E-state index is 12.8. The van der Waals surface area contributed by atoms with E-state index in [2.05, 4.69) is 13.2 Å². The van der Waals surface area contributed by atoms with Crippen LogP contribution in [0.4, 0.5) is 0 Å². The minimum Gasteiger partial charge on any atom is -0.497 e. The van der Waals surface area contributed by atoms with Crippen LogP contribution in [0, 0.1) is 11.8 Å². The molecular weight excluding hydrogens is 376 g/mol. The van der Waals surface area contributed by atoms with Crippen LogP contribution in [0.15, 0.2) is 49.6 Å². The number of ether oxygens (including phenoxy) is 3. The second-order valence-electron chi connectivity index (χ2n) is 7.09. The van der Waals surface area contributed by atoms with Crippen LogP contribution >= 0.6 is 0 Å².